The van der Waals surface area contributed by atoms with E-state index < -0.39 is 0 Å². The van der Waals surface area contributed by atoms with E-state index >= 15 is 0 Å². The molecule has 0 saturated heterocycles. The third-order valence-corrected chi connectivity index (χ3v) is 3.16. The van der Waals surface area contributed by atoms with Gasteiger partial charge in [0.25, 0.3) is 0 Å². The monoisotopic (exact) mass is 266 g/mol. The predicted molar refractivity (Wildman–Crippen MR) is 73.5 cm³/mol. The molecule has 1 aliphatic rings. The van der Waals surface area contributed by atoms with Crippen LogP contribution in [0.3, 0.4) is 0 Å². The molecular formula is C13H12Cl2N2. The molecule has 2 nitrogen and oxygen atoms in total. The van der Waals surface area contributed by atoms with Gasteiger partial charge < -0.3 is 4.98 Å². The van der Waals surface area contributed by atoms with Gasteiger partial charge in [-0.25, -0.2) is 4.98 Å². The molecule has 1 heterocycles. The molecule has 2 aromatic rings. The second kappa shape index (κ2) is 4.94. The van der Waals surface area contributed by atoms with Crippen molar-refractivity contribution >= 4 is 35.7 Å². The fraction of sp³-hybridized carbons (Fsp3) is 0.154. The Morgan fingerprint density at radius 1 is 1.29 bits per heavy atom. The zero-order chi connectivity index (χ0) is 11.0. The van der Waals surface area contributed by atoms with E-state index in [0.29, 0.717) is 0 Å². The van der Waals surface area contributed by atoms with Crippen molar-refractivity contribution in [3.8, 4) is 0 Å². The topological polar surface area (TPSA) is 28.7 Å². The molecule has 17 heavy (non-hydrogen) atoms. The molecule has 0 radical (unpaired) electrons. The summed E-state index contributed by atoms with van der Waals surface area (Å²) >= 11 is 5.98. The van der Waals surface area contributed by atoms with Gasteiger partial charge in [0.05, 0.1) is 18.2 Å². The van der Waals surface area contributed by atoms with Crippen LogP contribution in [-0.2, 0) is 6.42 Å². The molecule has 0 bridgehead atoms. The molecule has 1 aliphatic carbocycles. The van der Waals surface area contributed by atoms with Crippen LogP contribution in [-0.4, -0.2) is 9.97 Å². The Morgan fingerprint density at radius 2 is 2.18 bits per heavy atom. The fourth-order valence-electron chi connectivity index (χ4n) is 2.17. The molecule has 0 amide bonds. The average molecular weight is 267 g/mol. The third-order valence-electron chi connectivity index (χ3n) is 2.93. The molecule has 3 rings (SSSR count). The van der Waals surface area contributed by atoms with Crippen LogP contribution in [0.25, 0.3) is 11.6 Å². The number of aromatic amines is 1. The number of H-pyrrole nitrogens is 1. The maximum absolute atomic E-state index is 5.98. The van der Waals surface area contributed by atoms with E-state index in [1.54, 1.807) is 6.33 Å². The molecule has 1 aromatic carbocycles. The summed E-state index contributed by atoms with van der Waals surface area (Å²) in [5.41, 5.74) is 5.07. The lowest BCUT2D eigenvalue weighted by molar-refractivity contribution is 1.08. The zero-order valence-electron chi connectivity index (χ0n) is 9.11. The number of fused-ring (bicyclic) bond motifs is 1. The van der Waals surface area contributed by atoms with Gasteiger partial charge in [0.2, 0.25) is 0 Å². The number of rotatable bonds is 1. The summed E-state index contributed by atoms with van der Waals surface area (Å²) in [6, 6.07) is 6.12. The van der Waals surface area contributed by atoms with Crippen LogP contribution >= 0.6 is 24.0 Å². The smallest absolute Gasteiger partial charge is 0.0924 e. The van der Waals surface area contributed by atoms with E-state index in [0.717, 1.165) is 23.6 Å². The Bertz CT molecular complexity index is 545. The number of aromatic nitrogens is 2. The summed E-state index contributed by atoms with van der Waals surface area (Å²) < 4.78 is 0. The molecule has 0 saturated carbocycles. The standard InChI is InChI=1S/C13H11ClN2.ClH/c14-11-3-4-13-9(5-11)1-2-10(13)6-12-7-15-8-16-12;/h3-8H,1-2H2,(H,15,16);1H. The number of nitrogens with one attached hydrogen (secondary N) is 1. The quantitative estimate of drug-likeness (QED) is 0.832. The van der Waals surface area contributed by atoms with Crippen molar-refractivity contribution in [2.75, 3.05) is 0 Å². The number of nitrogens with zero attached hydrogens (tertiary/aromatic N) is 1. The van der Waals surface area contributed by atoms with Crippen LogP contribution in [0.4, 0.5) is 0 Å². The Balaban J connectivity index is 0.00000108. The number of allylic oxidation sites excluding steroid dienone is 1. The summed E-state index contributed by atoms with van der Waals surface area (Å²) in [6.45, 7) is 0. The maximum Gasteiger partial charge on any atom is 0.0924 e. The molecular weight excluding hydrogens is 255 g/mol. The first-order valence-corrected chi connectivity index (χ1v) is 5.68. The van der Waals surface area contributed by atoms with Crippen LogP contribution in [0, 0.1) is 0 Å². The maximum atomic E-state index is 5.98. The normalized spacial score (nSPS) is 15.7. The number of imidazole rings is 1. The van der Waals surface area contributed by atoms with Crippen molar-refractivity contribution < 1.29 is 0 Å². The van der Waals surface area contributed by atoms with E-state index in [4.69, 9.17) is 11.6 Å². The zero-order valence-corrected chi connectivity index (χ0v) is 10.7. The molecule has 0 atom stereocenters. The van der Waals surface area contributed by atoms with Gasteiger partial charge in [-0.2, -0.15) is 0 Å². The SMILES string of the molecule is Cl.Clc1ccc2c(c1)CCC2=Cc1cnc[nH]1. The molecule has 1 aromatic heterocycles. The second-order valence-electron chi connectivity index (χ2n) is 3.98. The molecule has 0 unspecified atom stereocenters. The summed E-state index contributed by atoms with van der Waals surface area (Å²) in [4.78, 5) is 7.11. The lowest BCUT2D eigenvalue weighted by Gasteiger charge is -2.00. The van der Waals surface area contributed by atoms with Crippen molar-refractivity contribution in [2.24, 2.45) is 0 Å². The summed E-state index contributed by atoms with van der Waals surface area (Å²) in [5, 5.41) is 0.821. The largest absolute Gasteiger partial charge is 0.345 e. The van der Waals surface area contributed by atoms with Crippen LogP contribution in [0.15, 0.2) is 30.7 Å². The highest BCUT2D eigenvalue weighted by molar-refractivity contribution is 6.30. The number of hydrogen-bond acceptors (Lipinski definition) is 1. The number of hydrogen-bond donors (Lipinski definition) is 1. The van der Waals surface area contributed by atoms with Gasteiger partial charge in [0, 0.05) is 5.02 Å². The van der Waals surface area contributed by atoms with E-state index in [-0.39, 0.29) is 12.4 Å². The minimum absolute atomic E-state index is 0. The highest BCUT2D eigenvalue weighted by Crippen LogP contribution is 2.34. The first kappa shape index (κ1) is 12.2. The van der Waals surface area contributed by atoms with E-state index in [2.05, 4.69) is 28.2 Å². The van der Waals surface area contributed by atoms with Crippen molar-refractivity contribution in [3.05, 3.63) is 52.6 Å². The van der Waals surface area contributed by atoms with Crippen LogP contribution in [0.5, 0.6) is 0 Å². The lowest BCUT2D eigenvalue weighted by atomic mass is 10.1. The summed E-state index contributed by atoms with van der Waals surface area (Å²) in [6.07, 6.45) is 7.85. The van der Waals surface area contributed by atoms with Crippen LogP contribution in [0.1, 0.15) is 23.2 Å². The highest BCUT2D eigenvalue weighted by Gasteiger charge is 2.16. The first-order chi connectivity index (χ1) is 7.83. The van der Waals surface area contributed by atoms with E-state index in [1.807, 2.05) is 12.3 Å². The van der Waals surface area contributed by atoms with Gasteiger partial charge >= 0.3 is 0 Å². The van der Waals surface area contributed by atoms with E-state index in [1.165, 1.54) is 16.7 Å². The average Bonchev–Trinajstić information content (AvgIpc) is 2.89. The van der Waals surface area contributed by atoms with Crippen molar-refractivity contribution in [3.63, 3.8) is 0 Å². The molecule has 1 N–H and O–H groups in total. The van der Waals surface area contributed by atoms with Crippen LogP contribution < -0.4 is 0 Å². The van der Waals surface area contributed by atoms with Gasteiger partial charge in [0.15, 0.2) is 0 Å². The second-order valence-corrected chi connectivity index (χ2v) is 4.41. The van der Waals surface area contributed by atoms with Gasteiger partial charge in [-0.3, -0.25) is 0 Å². The first-order valence-electron chi connectivity index (χ1n) is 5.31. The predicted octanol–water partition coefficient (Wildman–Crippen LogP) is 3.97. The third kappa shape index (κ3) is 2.38. The Morgan fingerprint density at radius 3 is 2.94 bits per heavy atom. The van der Waals surface area contributed by atoms with Gasteiger partial charge in [-0.05, 0) is 47.8 Å². The van der Waals surface area contributed by atoms with Crippen molar-refractivity contribution in [1.29, 1.82) is 0 Å². The fourth-order valence-corrected chi connectivity index (χ4v) is 2.36. The number of benzene rings is 1. The molecule has 4 heteroatoms. The van der Waals surface area contributed by atoms with Crippen molar-refractivity contribution in [2.45, 2.75) is 12.8 Å². The molecule has 0 aliphatic heterocycles. The van der Waals surface area contributed by atoms with E-state index in [9.17, 15) is 0 Å². The Hall–Kier alpha value is -1.25. The number of halogens is 2. The molecule has 88 valence electrons. The highest BCUT2D eigenvalue weighted by atomic mass is 35.5. The summed E-state index contributed by atoms with van der Waals surface area (Å²) in [7, 11) is 0. The Kier molecular flexibility index (Phi) is 3.55. The molecule has 0 spiro atoms. The van der Waals surface area contributed by atoms with Crippen LogP contribution in [0.2, 0.25) is 5.02 Å². The minimum atomic E-state index is 0. The van der Waals surface area contributed by atoms with Gasteiger partial charge in [-0.15, -0.1) is 12.4 Å². The number of aryl methyl sites for hydroxylation is 1. The van der Waals surface area contributed by atoms with Gasteiger partial charge in [-0.1, -0.05) is 17.7 Å². The summed E-state index contributed by atoms with van der Waals surface area (Å²) in [5.74, 6) is 0. The van der Waals surface area contributed by atoms with Crippen molar-refractivity contribution in [1.82, 2.24) is 9.97 Å². The van der Waals surface area contributed by atoms with Gasteiger partial charge in [0.1, 0.15) is 0 Å². The molecule has 0 fully saturated rings. The Labute approximate surface area is 111 Å². The minimum Gasteiger partial charge on any atom is -0.345 e. The lowest BCUT2D eigenvalue weighted by Crippen LogP contribution is -1.80.